The van der Waals surface area contributed by atoms with Crippen LogP contribution < -0.4 is 10.1 Å². The molecule has 3 aromatic rings. The minimum atomic E-state index is -0.0294. The molecule has 28 heavy (non-hydrogen) atoms. The highest BCUT2D eigenvalue weighted by Gasteiger charge is 2.12. The molecule has 1 heterocycles. The molecule has 0 unspecified atom stereocenters. The first-order chi connectivity index (χ1) is 13.7. The van der Waals surface area contributed by atoms with Crippen molar-refractivity contribution in [1.82, 2.24) is 20.1 Å². The summed E-state index contributed by atoms with van der Waals surface area (Å²) in [4.78, 5) is 12.2. The number of nitrogens with one attached hydrogen (secondary N) is 1. The molecule has 0 radical (unpaired) electrons. The first-order valence-corrected chi connectivity index (χ1v) is 10.2. The second-order valence-electron chi connectivity index (χ2n) is 6.17. The van der Waals surface area contributed by atoms with Crippen LogP contribution in [0.25, 0.3) is 5.69 Å². The van der Waals surface area contributed by atoms with Gasteiger partial charge in [-0.1, -0.05) is 55.1 Å². The number of hydrogen-bond donors (Lipinski definition) is 1. The van der Waals surface area contributed by atoms with Gasteiger partial charge >= 0.3 is 0 Å². The number of amides is 1. The van der Waals surface area contributed by atoms with Crippen LogP contribution in [-0.4, -0.2) is 40.1 Å². The summed E-state index contributed by atoms with van der Waals surface area (Å²) in [5.41, 5.74) is 3.34. The van der Waals surface area contributed by atoms with Gasteiger partial charge in [0.1, 0.15) is 12.1 Å². The molecule has 6 nitrogen and oxygen atoms in total. The van der Waals surface area contributed by atoms with Gasteiger partial charge in [-0.25, -0.2) is 0 Å². The van der Waals surface area contributed by atoms with Crippen LogP contribution in [0.1, 0.15) is 18.1 Å². The number of hydrogen-bond acceptors (Lipinski definition) is 5. The van der Waals surface area contributed by atoms with Crippen molar-refractivity contribution in [3.63, 3.8) is 0 Å². The molecule has 7 heteroatoms. The number of aromatic nitrogens is 3. The predicted octanol–water partition coefficient (Wildman–Crippen LogP) is 3.29. The largest absolute Gasteiger partial charge is 0.496 e. The molecule has 146 valence electrons. The van der Waals surface area contributed by atoms with E-state index >= 15 is 0 Å². The van der Waals surface area contributed by atoms with Crippen LogP contribution in [0.15, 0.2) is 60.0 Å². The summed E-state index contributed by atoms with van der Waals surface area (Å²) in [6, 6.07) is 16.0. The predicted molar refractivity (Wildman–Crippen MR) is 111 cm³/mol. The zero-order chi connectivity index (χ0) is 19.8. The molecule has 0 saturated carbocycles. The van der Waals surface area contributed by atoms with Gasteiger partial charge in [-0.2, -0.15) is 0 Å². The number of ether oxygens (including phenoxy) is 1. The van der Waals surface area contributed by atoms with Gasteiger partial charge in [-0.3, -0.25) is 9.36 Å². The minimum absolute atomic E-state index is 0.0294. The van der Waals surface area contributed by atoms with E-state index in [1.165, 1.54) is 17.3 Å². The van der Waals surface area contributed by atoms with Crippen molar-refractivity contribution < 1.29 is 9.53 Å². The minimum Gasteiger partial charge on any atom is -0.496 e. The van der Waals surface area contributed by atoms with Gasteiger partial charge in [0.25, 0.3) is 0 Å². The Hall–Kier alpha value is -2.80. The van der Waals surface area contributed by atoms with E-state index in [0.29, 0.717) is 17.5 Å². The fourth-order valence-corrected chi connectivity index (χ4v) is 3.71. The highest BCUT2D eigenvalue weighted by Crippen LogP contribution is 2.22. The summed E-state index contributed by atoms with van der Waals surface area (Å²) >= 11 is 1.38. The molecule has 0 aliphatic rings. The van der Waals surface area contributed by atoms with Crippen molar-refractivity contribution in [3.8, 4) is 11.4 Å². The van der Waals surface area contributed by atoms with Crippen molar-refractivity contribution in [2.45, 2.75) is 24.9 Å². The molecule has 0 saturated heterocycles. The third-order valence-corrected chi connectivity index (χ3v) is 5.33. The fraction of sp³-hybridized carbons (Fsp3) is 0.286. The highest BCUT2D eigenvalue weighted by atomic mass is 32.2. The van der Waals surface area contributed by atoms with Crippen molar-refractivity contribution in [2.75, 3.05) is 19.4 Å². The first-order valence-electron chi connectivity index (χ1n) is 9.22. The molecular formula is C21H24N4O2S. The average molecular weight is 397 g/mol. The summed E-state index contributed by atoms with van der Waals surface area (Å²) in [5.74, 6) is 1.10. The van der Waals surface area contributed by atoms with Gasteiger partial charge in [0.15, 0.2) is 5.16 Å². The zero-order valence-electron chi connectivity index (χ0n) is 16.1. The van der Waals surface area contributed by atoms with E-state index in [0.717, 1.165) is 29.8 Å². The molecule has 0 fully saturated rings. The van der Waals surface area contributed by atoms with E-state index in [1.807, 2.05) is 47.0 Å². The van der Waals surface area contributed by atoms with E-state index in [2.05, 4.69) is 28.5 Å². The lowest BCUT2D eigenvalue weighted by atomic mass is 10.1. The normalized spacial score (nSPS) is 10.6. The van der Waals surface area contributed by atoms with Gasteiger partial charge < -0.3 is 10.1 Å². The van der Waals surface area contributed by atoms with Crippen molar-refractivity contribution >= 4 is 17.7 Å². The molecule has 0 aliphatic heterocycles. The van der Waals surface area contributed by atoms with E-state index in [-0.39, 0.29) is 5.91 Å². The van der Waals surface area contributed by atoms with Gasteiger partial charge in [-0.05, 0) is 36.1 Å². The molecule has 2 aromatic carbocycles. The van der Waals surface area contributed by atoms with Crippen LogP contribution >= 0.6 is 11.8 Å². The van der Waals surface area contributed by atoms with Crippen LogP contribution in [0.3, 0.4) is 0 Å². The van der Waals surface area contributed by atoms with E-state index in [1.54, 1.807) is 13.4 Å². The summed E-state index contributed by atoms with van der Waals surface area (Å²) in [7, 11) is 1.65. The topological polar surface area (TPSA) is 69.0 Å². The van der Waals surface area contributed by atoms with Crippen LogP contribution in [0.2, 0.25) is 0 Å². The summed E-state index contributed by atoms with van der Waals surface area (Å²) in [6.07, 6.45) is 3.33. The third-order valence-electron chi connectivity index (χ3n) is 4.39. The summed E-state index contributed by atoms with van der Waals surface area (Å²) < 4.78 is 7.27. The maximum atomic E-state index is 12.2. The number of methoxy groups -OCH3 is 1. The zero-order valence-corrected chi connectivity index (χ0v) is 16.9. The van der Waals surface area contributed by atoms with Crippen molar-refractivity contribution in [3.05, 3.63) is 66.0 Å². The Morgan fingerprint density at radius 2 is 1.89 bits per heavy atom. The SMILES string of the molecule is CCc1ccccc1-n1cnnc1SCC(=O)NCCc1ccccc1OC. The molecule has 3 rings (SSSR count). The molecule has 1 aromatic heterocycles. The van der Waals surface area contributed by atoms with Gasteiger partial charge in [-0.15, -0.1) is 10.2 Å². The maximum absolute atomic E-state index is 12.2. The Labute approximate surface area is 169 Å². The number of aryl methyl sites for hydroxylation is 1. The van der Waals surface area contributed by atoms with Crippen molar-refractivity contribution in [2.24, 2.45) is 0 Å². The number of thioether (sulfide) groups is 1. The van der Waals surface area contributed by atoms with Crippen LogP contribution in [-0.2, 0) is 17.6 Å². The highest BCUT2D eigenvalue weighted by molar-refractivity contribution is 7.99. The number of nitrogens with zero attached hydrogens (tertiary/aromatic N) is 3. The Balaban J connectivity index is 1.54. The molecule has 0 spiro atoms. The molecule has 0 aliphatic carbocycles. The Morgan fingerprint density at radius 3 is 2.68 bits per heavy atom. The van der Waals surface area contributed by atoms with Gasteiger partial charge in [0.05, 0.1) is 18.6 Å². The monoisotopic (exact) mass is 396 g/mol. The summed E-state index contributed by atoms with van der Waals surface area (Å²) in [5, 5.41) is 11.9. The summed E-state index contributed by atoms with van der Waals surface area (Å²) in [6.45, 7) is 2.68. The van der Waals surface area contributed by atoms with Gasteiger partial charge in [0, 0.05) is 6.54 Å². The van der Waals surface area contributed by atoms with Crippen LogP contribution in [0.5, 0.6) is 5.75 Å². The Morgan fingerprint density at radius 1 is 1.14 bits per heavy atom. The Bertz CT molecular complexity index is 926. The molecule has 0 bridgehead atoms. The van der Waals surface area contributed by atoms with Crippen molar-refractivity contribution in [1.29, 1.82) is 0 Å². The second-order valence-corrected chi connectivity index (χ2v) is 7.11. The second kappa shape index (κ2) is 9.94. The number of para-hydroxylation sites is 2. The van der Waals surface area contributed by atoms with Crippen LogP contribution in [0, 0.1) is 0 Å². The Kier molecular flexibility index (Phi) is 7.08. The maximum Gasteiger partial charge on any atom is 0.230 e. The molecule has 1 amide bonds. The third kappa shape index (κ3) is 4.92. The van der Waals surface area contributed by atoms with Crippen LogP contribution in [0.4, 0.5) is 0 Å². The number of carbonyl (C=O) groups is 1. The van der Waals surface area contributed by atoms with Gasteiger partial charge in [0.2, 0.25) is 5.91 Å². The number of rotatable bonds is 9. The molecule has 0 atom stereocenters. The number of carbonyl (C=O) groups excluding carboxylic acids is 1. The molecule has 1 N–H and O–H groups in total. The van der Waals surface area contributed by atoms with E-state index in [4.69, 9.17) is 4.74 Å². The lowest BCUT2D eigenvalue weighted by Crippen LogP contribution is -2.27. The smallest absolute Gasteiger partial charge is 0.230 e. The number of benzene rings is 2. The first kappa shape index (κ1) is 19.9. The fourth-order valence-electron chi connectivity index (χ4n) is 2.96. The quantitative estimate of drug-likeness (QED) is 0.562. The van der Waals surface area contributed by atoms with E-state index in [9.17, 15) is 4.79 Å². The van der Waals surface area contributed by atoms with E-state index < -0.39 is 0 Å². The lowest BCUT2D eigenvalue weighted by molar-refractivity contribution is -0.118. The standard InChI is InChI=1S/C21H24N4O2S/c1-3-16-8-4-6-10-18(16)25-15-23-24-21(25)28-14-20(26)22-13-12-17-9-5-7-11-19(17)27-2/h4-11,15H,3,12-14H2,1-2H3,(H,22,26). The average Bonchev–Trinajstić information content (AvgIpc) is 3.21. The lowest BCUT2D eigenvalue weighted by Gasteiger charge is -2.11. The molecular weight excluding hydrogens is 372 g/mol.